The van der Waals surface area contributed by atoms with Crippen LogP contribution in [0.25, 0.3) is 0 Å². The zero-order valence-corrected chi connectivity index (χ0v) is 17.7. The highest BCUT2D eigenvalue weighted by Gasteiger charge is 2.21. The van der Waals surface area contributed by atoms with Crippen molar-refractivity contribution in [2.75, 3.05) is 52.4 Å². The van der Waals surface area contributed by atoms with Gasteiger partial charge in [0.2, 0.25) is 11.7 Å². The zero-order valence-electron chi connectivity index (χ0n) is 17.7. The summed E-state index contributed by atoms with van der Waals surface area (Å²) in [5.41, 5.74) is 3.48. The summed E-state index contributed by atoms with van der Waals surface area (Å²) in [4.78, 5) is 17.0. The summed E-state index contributed by atoms with van der Waals surface area (Å²) in [6, 6.07) is 12.3. The summed E-state index contributed by atoms with van der Waals surface area (Å²) in [7, 11) is 4.78. The molecule has 1 saturated heterocycles. The minimum absolute atomic E-state index is 0.183. The van der Waals surface area contributed by atoms with E-state index in [1.54, 1.807) is 21.3 Å². The first-order chi connectivity index (χ1) is 14.0. The van der Waals surface area contributed by atoms with Crippen LogP contribution in [0.3, 0.4) is 0 Å². The van der Waals surface area contributed by atoms with Gasteiger partial charge in [-0.05, 0) is 48.7 Å². The second-order valence-corrected chi connectivity index (χ2v) is 7.24. The number of carbonyl (C=O) groups is 1. The van der Waals surface area contributed by atoms with Crippen LogP contribution in [0.5, 0.6) is 17.2 Å². The largest absolute Gasteiger partial charge is 0.493 e. The second kappa shape index (κ2) is 9.54. The number of carbonyl (C=O) groups excluding carboxylic acids is 1. The number of nitrogens with zero attached hydrogens (tertiary/aromatic N) is 2. The summed E-state index contributed by atoms with van der Waals surface area (Å²) in [6.45, 7) is 5.33. The molecule has 0 atom stereocenters. The molecule has 0 radical (unpaired) electrons. The van der Waals surface area contributed by atoms with Gasteiger partial charge in [-0.15, -0.1) is 0 Å². The third-order valence-electron chi connectivity index (χ3n) is 5.35. The van der Waals surface area contributed by atoms with Crippen LogP contribution in [0.1, 0.15) is 17.5 Å². The lowest BCUT2D eigenvalue weighted by Crippen LogP contribution is -2.48. The van der Waals surface area contributed by atoms with E-state index >= 15 is 0 Å². The number of rotatable bonds is 7. The molecule has 0 saturated carbocycles. The molecule has 1 aliphatic rings. The summed E-state index contributed by atoms with van der Waals surface area (Å²) in [5.74, 6) is 1.97. The van der Waals surface area contributed by atoms with E-state index in [2.05, 4.69) is 36.1 Å². The fourth-order valence-corrected chi connectivity index (χ4v) is 3.73. The maximum atomic E-state index is 12.7. The minimum atomic E-state index is 0.183. The number of methoxy groups -OCH3 is 3. The van der Waals surface area contributed by atoms with Crippen LogP contribution in [0.4, 0.5) is 5.69 Å². The molecule has 156 valence electrons. The zero-order chi connectivity index (χ0) is 20.8. The molecule has 3 rings (SSSR count). The second-order valence-electron chi connectivity index (χ2n) is 7.24. The quantitative estimate of drug-likeness (QED) is 0.716. The maximum absolute atomic E-state index is 12.7. The van der Waals surface area contributed by atoms with Gasteiger partial charge in [0.15, 0.2) is 11.5 Å². The molecule has 6 heteroatoms. The van der Waals surface area contributed by atoms with Crippen LogP contribution in [-0.2, 0) is 11.2 Å². The third-order valence-corrected chi connectivity index (χ3v) is 5.35. The fourth-order valence-electron chi connectivity index (χ4n) is 3.73. The SMILES string of the molecule is COc1cc(CCC(=O)N2CCN(c3cccc(C)c3)CC2)cc(OC)c1OC. The molecule has 0 N–H and O–H groups in total. The molecule has 1 heterocycles. The lowest BCUT2D eigenvalue weighted by molar-refractivity contribution is -0.131. The van der Waals surface area contributed by atoms with Crippen molar-refractivity contribution < 1.29 is 19.0 Å². The normalized spacial score (nSPS) is 13.9. The van der Waals surface area contributed by atoms with Crippen LogP contribution in [0.2, 0.25) is 0 Å². The number of benzene rings is 2. The molecule has 0 spiro atoms. The van der Waals surface area contributed by atoms with Gasteiger partial charge in [-0.1, -0.05) is 12.1 Å². The molecule has 0 aromatic heterocycles. The molecule has 1 amide bonds. The van der Waals surface area contributed by atoms with Gasteiger partial charge in [0.25, 0.3) is 0 Å². The van der Waals surface area contributed by atoms with Crippen molar-refractivity contribution in [2.45, 2.75) is 19.8 Å². The van der Waals surface area contributed by atoms with Crippen molar-refractivity contribution in [1.29, 1.82) is 0 Å². The van der Waals surface area contributed by atoms with E-state index in [9.17, 15) is 4.79 Å². The van der Waals surface area contributed by atoms with Crippen LogP contribution in [0, 0.1) is 6.92 Å². The Kier molecular flexibility index (Phi) is 6.86. The molecule has 1 fully saturated rings. The number of hydrogen-bond donors (Lipinski definition) is 0. The smallest absolute Gasteiger partial charge is 0.223 e. The summed E-state index contributed by atoms with van der Waals surface area (Å²) in [6.07, 6.45) is 1.09. The molecule has 29 heavy (non-hydrogen) atoms. The van der Waals surface area contributed by atoms with Crippen molar-refractivity contribution in [3.63, 3.8) is 0 Å². The highest BCUT2D eigenvalue weighted by Crippen LogP contribution is 2.38. The number of anilines is 1. The number of piperazine rings is 1. The van der Waals surface area contributed by atoms with E-state index in [0.717, 1.165) is 31.7 Å². The van der Waals surface area contributed by atoms with Crippen molar-refractivity contribution >= 4 is 11.6 Å². The van der Waals surface area contributed by atoms with Gasteiger partial charge in [0.1, 0.15) is 0 Å². The van der Waals surface area contributed by atoms with E-state index < -0.39 is 0 Å². The summed E-state index contributed by atoms with van der Waals surface area (Å²) < 4.78 is 16.2. The van der Waals surface area contributed by atoms with E-state index in [4.69, 9.17) is 14.2 Å². The van der Waals surface area contributed by atoms with Crippen molar-refractivity contribution in [3.05, 3.63) is 47.5 Å². The minimum Gasteiger partial charge on any atom is -0.493 e. The van der Waals surface area contributed by atoms with Gasteiger partial charge < -0.3 is 24.0 Å². The highest BCUT2D eigenvalue weighted by molar-refractivity contribution is 5.77. The number of aryl methyl sites for hydroxylation is 2. The average Bonchev–Trinajstić information content (AvgIpc) is 2.76. The Labute approximate surface area is 173 Å². The molecule has 0 bridgehead atoms. The number of amides is 1. The molecule has 0 unspecified atom stereocenters. The average molecular weight is 399 g/mol. The van der Waals surface area contributed by atoms with Crippen molar-refractivity contribution in [1.82, 2.24) is 4.90 Å². The highest BCUT2D eigenvalue weighted by atomic mass is 16.5. The van der Waals surface area contributed by atoms with Gasteiger partial charge in [-0.25, -0.2) is 0 Å². The Bertz CT molecular complexity index is 820. The van der Waals surface area contributed by atoms with Crippen LogP contribution < -0.4 is 19.1 Å². The third kappa shape index (κ3) is 4.94. The van der Waals surface area contributed by atoms with Crippen LogP contribution in [-0.4, -0.2) is 58.3 Å². The van der Waals surface area contributed by atoms with Gasteiger partial charge in [0, 0.05) is 38.3 Å². The first kappa shape index (κ1) is 20.8. The van der Waals surface area contributed by atoms with E-state index in [1.807, 2.05) is 17.0 Å². The maximum Gasteiger partial charge on any atom is 0.223 e. The first-order valence-electron chi connectivity index (χ1n) is 9.94. The predicted octanol–water partition coefficient (Wildman–Crippen LogP) is 3.30. The van der Waals surface area contributed by atoms with Crippen molar-refractivity contribution in [2.24, 2.45) is 0 Å². The Balaban J connectivity index is 1.56. The van der Waals surface area contributed by atoms with Crippen LogP contribution in [0.15, 0.2) is 36.4 Å². The van der Waals surface area contributed by atoms with E-state index in [1.165, 1.54) is 11.3 Å². The Morgan fingerprint density at radius 1 is 0.931 bits per heavy atom. The summed E-state index contributed by atoms with van der Waals surface area (Å²) in [5, 5.41) is 0. The van der Waals surface area contributed by atoms with Gasteiger partial charge in [0.05, 0.1) is 21.3 Å². The van der Waals surface area contributed by atoms with Crippen LogP contribution >= 0.6 is 0 Å². The molecule has 2 aromatic rings. The molecular weight excluding hydrogens is 368 g/mol. The Hall–Kier alpha value is -2.89. The molecule has 6 nitrogen and oxygen atoms in total. The Morgan fingerprint density at radius 2 is 1.59 bits per heavy atom. The molecule has 1 aliphatic heterocycles. The van der Waals surface area contributed by atoms with E-state index in [0.29, 0.717) is 30.1 Å². The summed E-state index contributed by atoms with van der Waals surface area (Å²) >= 11 is 0. The monoisotopic (exact) mass is 398 g/mol. The van der Waals surface area contributed by atoms with Gasteiger partial charge in [-0.2, -0.15) is 0 Å². The molecule has 0 aliphatic carbocycles. The van der Waals surface area contributed by atoms with Gasteiger partial charge >= 0.3 is 0 Å². The molecular formula is C23H30N2O4. The van der Waals surface area contributed by atoms with Gasteiger partial charge in [-0.3, -0.25) is 4.79 Å². The van der Waals surface area contributed by atoms with E-state index in [-0.39, 0.29) is 5.91 Å². The number of ether oxygens (including phenoxy) is 3. The number of hydrogen-bond acceptors (Lipinski definition) is 5. The fraction of sp³-hybridized carbons (Fsp3) is 0.435. The topological polar surface area (TPSA) is 51.2 Å². The van der Waals surface area contributed by atoms with Crippen molar-refractivity contribution in [3.8, 4) is 17.2 Å². The first-order valence-corrected chi connectivity index (χ1v) is 9.94. The predicted molar refractivity (Wildman–Crippen MR) is 114 cm³/mol. The standard InChI is InChI=1S/C23H30N2O4/c1-17-6-5-7-19(14-17)24-10-12-25(13-11-24)22(26)9-8-18-15-20(27-2)23(29-4)21(16-18)28-3/h5-7,14-16H,8-13H2,1-4H3. The lowest BCUT2D eigenvalue weighted by Gasteiger charge is -2.36. The molecule has 2 aromatic carbocycles. The Morgan fingerprint density at radius 3 is 2.14 bits per heavy atom. The lowest BCUT2D eigenvalue weighted by atomic mass is 10.1.